The van der Waals surface area contributed by atoms with Crippen molar-refractivity contribution in [2.24, 2.45) is 0 Å². The standard InChI is InChI=1S/C20H26N2OS/c1-21(15-18-9-4-3-5-10-18)13-7-6-8-17-11-12-19-20(14-17)24(23)16-22(19)2/h3-5,9-12,14H,6-8,13,15-16H2,1-2H3. The number of hydrogen-bond donors (Lipinski definition) is 0. The van der Waals surface area contributed by atoms with Crippen LogP contribution in [-0.2, 0) is 24.1 Å². The van der Waals surface area contributed by atoms with Crippen LogP contribution in [0, 0.1) is 0 Å². The average molecular weight is 343 g/mol. The second-order valence-corrected chi connectivity index (χ2v) is 8.04. The highest BCUT2D eigenvalue weighted by Crippen LogP contribution is 2.33. The Bertz CT molecular complexity index is 662. The van der Waals surface area contributed by atoms with Gasteiger partial charge in [0.05, 0.1) is 5.69 Å². The number of rotatable bonds is 7. The molecule has 0 amide bonds. The van der Waals surface area contributed by atoms with Crippen LogP contribution in [0.15, 0.2) is 53.4 Å². The molecular formula is C20H26N2OS. The van der Waals surface area contributed by atoms with Crippen LogP contribution in [0.4, 0.5) is 5.69 Å². The summed E-state index contributed by atoms with van der Waals surface area (Å²) in [4.78, 5) is 5.46. The first kappa shape index (κ1) is 17.3. The Morgan fingerprint density at radius 2 is 1.88 bits per heavy atom. The lowest BCUT2D eigenvalue weighted by Gasteiger charge is -2.16. The number of anilines is 1. The Hall–Kier alpha value is -1.49. The Balaban J connectivity index is 1.43. The van der Waals surface area contributed by atoms with E-state index in [-0.39, 0.29) is 0 Å². The minimum Gasteiger partial charge on any atom is -0.610 e. The van der Waals surface area contributed by atoms with Gasteiger partial charge >= 0.3 is 0 Å². The number of aryl methyl sites for hydroxylation is 1. The Morgan fingerprint density at radius 3 is 2.67 bits per heavy atom. The van der Waals surface area contributed by atoms with Crippen LogP contribution >= 0.6 is 0 Å². The highest BCUT2D eigenvalue weighted by atomic mass is 32.2. The molecule has 0 saturated heterocycles. The molecule has 0 saturated carbocycles. The molecule has 1 atom stereocenters. The van der Waals surface area contributed by atoms with Crippen LogP contribution in [-0.4, -0.2) is 36.0 Å². The molecule has 0 bridgehead atoms. The third-order valence-electron chi connectivity index (χ3n) is 4.54. The third-order valence-corrected chi connectivity index (χ3v) is 5.98. The summed E-state index contributed by atoms with van der Waals surface area (Å²) in [6, 6.07) is 17.1. The first-order chi connectivity index (χ1) is 11.6. The van der Waals surface area contributed by atoms with Gasteiger partial charge < -0.3 is 14.4 Å². The molecule has 0 radical (unpaired) electrons. The van der Waals surface area contributed by atoms with E-state index >= 15 is 0 Å². The van der Waals surface area contributed by atoms with Gasteiger partial charge in [-0.15, -0.1) is 0 Å². The lowest BCUT2D eigenvalue weighted by Crippen LogP contribution is -2.19. The number of unbranched alkanes of at least 4 members (excludes halogenated alkanes) is 1. The van der Waals surface area contributed by atoms with E-state index in [2.05, 4.69) is 65.4 Å². The van der Waals surface area contributed by atoms with Crippen molar-refractivity contribution >= 4 is 16.9 Å². The molecule has 0 aliphatic carbocycles. The molecule has 0 fully saturated rings. The van der Waals surface area contributed by atoms with Crippen molar-refractivity contribution in [2.45, 2.75) is 30.7 Å². The second-order valence-electron chi connectivity index (χ2n) is 6.66. The summed E-state index contributed by atoms with van der Waals surface area (Å²) in [5, 5.41) is 0. The van der Waals surface area contributed by atoms with E-state index < -0.39 is 11.2 Å². The fourth-order valence-corrected chi connectivity index (χ4v) is 4.58. The van der Waals surface area contributed by atoms with E-state index in [0.717, 1.165) is 30.1 Å². The van der Waals surface area contributed by atoms with Gasteiger partial charge in [-0.2, -0.15) is 0 Å². The predicted molar refractivity (Wildman–Crippen MR) is 102 cm³/mol. The van der Waals surface area contributed by atoms with Crippen LogP contribution in [0.2, 0.25) is 0 Å². The fraction of sp³-hybridized carbons (Fsp3) is 0.400. The topological polar surface area (TPSA) is 29.5 Å². The first-order valence-electron chi connectivity index (χ1n) is 8.58. The lowest BCUT2D eigenvalue weighted by molar-refractivity contribution is 0.319. The molecule has 2 aromatic rings. The average Bonchev–Trinajstić information content (AvgIpc) is 2.87. The zero-order chi connectivity index (χ0) is 16.9. The summed E-state index contributed by atoms with van der Waals surface area (Å²) < 4.78 is 12.1. The molecule has 0 spiro atoms. The minimum atomic E-state index is -0.858. The molecule has 3 rings (SSSR count). The molecule has 1 unspecified atom stereocenters. The van der Waals surface area contributed by atoms with Crippen molar-refractivity contribution in [2.75, 3.05) is 31.4 Å². The van der Waals surface area contributed by atoms with E-state index in [9.17, 15) is 4.55 Å². The molecule has 1 aliphatic heterocycles. The Kier molecular flexibility index (Phi) is 5.82. The molecule has 1 aliphatic rings. The van der Waals surface area contributed by atoms with E-state index in [1.54, 1.807) is 0 Å². The smallest absolute Gasteiger partial charge is 0.183 e. The molecule has 1 heterocycles. The molecule has 0 aromatic heterocycles. The van der Waals surface area contributed by atoms with Crippen molar-refractivity contribution in [3.05, 3.63) is 59.7 Å². The summed E-state index contributed by atoms with van der Waals surface area (Å²) in [6.07, 6.45) is 3.41. The molecule has 2 aromatic carbocycles. The van der Waals surface area contributed by atoms with Crippen molar-refractivity contribution in [3.63, 3.8) is 0 Å². The normalized spacial score (nSPS) is 16.7. The van der Waals surface area contributed by atoms with Crippen LogP contribution in [0.3, 0.4) is 0 Å². The van der Waals surface area contributed by atoms with Gasteiger partial charge in [-0.05, 0) is 56.1 Å². The van der Waals surface area contributed by atoms with Gasteiger partial charge in [0.1, 0.15) is 0 Å². The first-order valence-corrected chi connectivity index (χ1v) is 9.90. The number of hydrogen-bond acceptors (Lipinski definition) is 3. The maximum Gasteiger partial charge on any atom is 0.183 e. The molecule has 4 heteroatoms. The predicted octanol–water partition coefficient (Wildman–Crippen LogP) is 3.66. The Morgan fingerprint density at radius 1 is 1.08 bits per heavy atom. The highest BCUT2D eigenvalue weighted by molar-refractivity contribution is 7.92. The summed E-state index contributed by atoms with van der Waals surface area (Å²) in [5.74, 6) is 0.628. The van der Waals surface area contributed by atoms with Gasteiger partial charge in [0, 0.05) is 24.8 Å². The molecule has 3 nitrogen and oxygen atoms in total. The van der Waals surface area contributed by atoms with Gasteiger partial charge in [0.15, 0.2) is 10.8 Å². The van der Waals surface area contributed by atoms with Crippen molar-refractivity contribution in [1.29, 1.82) is 0 Å². The molecule has 128 valence electrons. The molecule has 24 heavy (non-hydrogen) atoms. The van der Waals surface area contributed by atoms with Crippen molar-refractivity contribution in [3.8, 4) is 0 Å². The second kappa shape index (κ2) is 8.06. The van der Waals surface area contributed by atoms with E-state index in [1.165, 1.54) is 24.0 Å². The van der Waals surface area contributed by atoms with E-state index in [1.807, 2.05) is 7.05 Å². The summed E-state index contributed by atoms with van der Waals surface area (Å²) in [7, 11) is 4.19. The summed E-state index contributed by atoms with van der Waals surface area (Å²) in [5.41, 5.74) is 3.80. The van der Waals surface area contributed by atoms with Gasteiger partial charge in [0.25, 0.3) is 0 Å². The quantitative estimate of drug-likeness (QED) is 0.568. The number of fused-ring (bicyclic) bond motifs is 1. The SMILES string of the molecule is CN(CCCCc1ccc2c(c1)[S+]([O-])CN2C)Cc1ccccc1. The number of nitrogens with zero attached hydrogens (tertiary/aromatic N) is 2. The van der Waals surface area contributed by atoms with Gasteiger partial charge in [-0.3, -0.25) is 0 Å². The van der Waals surface area contributed by atoms with Crippen LogP contribution in [0.1, 0.15) is 24.0 Å². The maximum atomic E-state index is 12.1. The molecule has 0 N–H and O–H groups in total. The van der Waals surface area contributed by atoms with Gasteiger partial charge in [-0.25, -0.2) is 0 Å². The minimum absolute atomic E-state index is 0.628. The van der Waals surface area contributed by atoms with Crippen molar-refractivity contribution in [1.82, 2.24) is 4.90 Å². The largest absolute Gasteiger partial charge is 0.610 e. The third kappa shape index (κ3) is 4.32. The van der Waals surface area contributed by atoms with Crippen molar-refractivity contribution < 1.29 is 4.55 Å². The van der Waals surface area contributed by atoms with Crippen LogP contribution < -0.4 is 4.90 Å². The van der Waals surface area contributed by atoms with Crippen LogP contribution in [0.25, 0.3) is 0 Å². The lowest BCUT2D eigenvalue weighted by atomic mass is 10.1. The van der Waals surface area contributed by atoms with E-state index in [0.29, 0.717) is 5.88 Å². The number of benzene rings is 2. The zero-order valence-electron chi connectivity index (χ0n) is 14.6. The Labute approximate surface area is 148 Å². The van der Waals surface area contributed by atoms with Gasteiger partial charge in [0.2, 0.25) is 0 Å². The highest BCUT2D eigenvalue weighted by Gasteiger charge is 2.28. The fourth-order valence-electron chi connectivity index (χ4n) is 3.21. The zero-order valence-corrected chi connectivity index (χ0v) is 15.4. The van der Waals surface area contributed by atoms with Crippen LogP contribution in [0.5, 0.6) is 0 Å². The van der Waals surface area contributed by atoms with E-state index in [4.69, 9.17) is 0 Å². The van der Waals surface area contributed by atoms with Gasteiger partial charge in [-0.1, -0.05) is 36.4 Å². The summed E-state index contributed by atoms with van der Waals surface area (Å²) in [6.45, 7) is 2.11. The monoisotopic (exact) mass is 342 g/mol. The maximum absolute atomic E-state index is 12.1. The molecular weight excluding hydrogens is 316 g/mol. The summed E-state index contributed by atoms with van der Waals surface area (Å²) >= 11 is -0.858.